The number of nitrogens with zero attached hydrogens (tertiary/aromatic N) is 1. The molecule has 0 aliphatic carbocycles. The Bertz CT molecular complexity index is 2010. The van der Waals surface area contributed by atoms with E-state index in [1.165, 1.54) is 6.92 Å². The molecule has 0 aromatic heterocycles. The first-order valence-electron chi connectivity index (χ1n) is 16.1. The molecule has 0 aliphatic heterocycles. The van der Waals surface area contributed by atoms with Crippen molar-refractivity contribution in [1.82, 2.24) is 5.32 Å². The van der Waals surface area contributed by atoms with Gasteiger partial charge in [0.25, 0.3) is 0 Å². The molecular weight excluding hydrogens is 677 g/mol. The van der Waals surface area contributed by atoms with E-state index in [2.05, 4.69) is 10.6 Å². The number of alkyl halides is 3. The summed E-state index contributed by atoms with van der Waals surface area (Å²) in [5, 5.41) is 15.0. The summed E-state index contributed by atoms with van der Waals surface area (Å²) in [7, 11) is 0. The fraction of sp³-hybridized carbons (Fsp3) is 0.179. The van der Waals surface area contributed by atoms with Crippen LogP contribution >= 0.6 is 0 Å². The van der Waals surface area contributed by atoms with Crippen molar-refractivity contribution in [3.63, 3.8) is 0 Å². The van der Waals surface area contributed by atoms with Gasteiger partial charge in [0.15, 0.2) is 5.75 Å². The lowest BCUT2D eigenvalue weighted by Crippen LogP contribution is -2.32. The van der Waals surface area contributed by atoms with E-state index in [9.17, 15) is 27.6 Å². The smallest absolute Gasteiger partial charge is 0.475 e. The highest BCUT2D eigenvalue weighted by Gasteiger charge is 2.38. The normalized spacial score (nSPS) is 10.8. The Hall–Kier alpha value is -6.21. The molecule has 13 heteroatoms. The summed E-state index contributed by atoms with van der Waals surface area (Å²) in [6, 6.07) is 36.2. The van der Waals surface area contributed by atoms with Crippen molar-refractivity contribution >= 4 is 45.8 Å². The van der Waals surface area contributed by atoms with Gasteiger partial charge in [-0.15, -0.1) is 0 Å². The van der Waals surface area contributed by atoms with E-state index in [0.29, 0.717) is 36.0 Å². The van der Waals surface area contributed by atoms with Crippen LogP contribution in [0.1, 0.15) is 36.5 Å². The van der Waals surface area contributed by atoms with Crippen LogP contribution in [0.4, 0.5) is 24.5 Å². The van der Waals surface area contributed by atoms with E-state index in [-0.39, 0.29) is 37.1 Å². The number of nitrogens with two attached hydrogens (primary N) is 1. The van der Waals surface area contributed by atoms with Gasteiger partial charge in [-0.3, -0.25) is 14.4 Å². The SMILES string of the molecule is CC(=O)Nc1ccc(CN(C(=O)CCC(=O)NCc2cccc3ccccc23)c2ccccc2Oc2cccc(CN)c2)cc1.O=C(O)C(F)(F)F. The van der Waals surface area contributed by atoms with Crippen molar-refractivity contribution in [2.45, 2.75) is 45.6 Å². The molecule has 0 radical (unpaired) electrons. The van der Waals surface area contributed by atoms with Gasteiger partial charge in [0.2, 0.25) is 17.7 Å². The molecule has 0 unspecified atom stereocenters. The zero-order valence-electron chi connectivity index (χ0n) is 28.2. The molecule has 0 saturated carbocycles. The van der Waals surface area contributed by atoms with Crippen LogP contribution in [-0.4, -0.2) is 35.0 Å². The molecule has 52 heavy (non-hydrogen) atoms. The molecule has 0 heterocycles. The number of halogens is 3. The van der Waals surface area contributed by atoms with E-state index in [1.54, 1.807) is 17.0 Å². The van der Waals surface area contributed by atoms with Crippen LogP contribution in [0.2, 0.25) is 0 Å². The van der Waals surface area contributed by atoms with Crippen molar-refractivity contribution in [3.05, 3.63) is 132 Å². The first-order chi connectivity index (χ1) is 24.8. The van der Waals surface area contributed by atoms with Crippen LogP contribution < -0.4 is 26.0 Å². The number of ether oxygens (including phenoxy) is 1. The number of fused-ring (bicyclic) bond motifs is 1. The summed E-state index contributed by atoms with van der Waals surface area (Å²) in [5.74, 6) is -2.26. The first-order valence-corrected chi connectivity index (χ1v) is 16.1. The maximum Gasteiger partial charge on any atom is 0.490 e. The van der Waals surface area contributed by atoms with Crippen LogP contribution in [0.15, 0.2) is 115 Å². The third kappa shape index (κ3) is 11.4. The third-order valence-corrected chi connectivity index (χ3v) is 7.60. The quantitative estimate of drug-likeness (QED) is 0.106. The average molecular weight is 715 g/mol. The molecule has 0 spiro atoms. The number of hydrogen-bond acceptors (Lipinski definition) is 6. The van der Waals surface area contributed by atoms with E-state index in [4.69, 9.17) is 20.4 Å². The minimum atomic E-state index is -5.08. The van der Waals surface area contributed by atoms with Gasteiger partial charge >= 0.3 is 12.1 Å². The molecule has 10 nitrogen and oxygen atoms in total. The van der Waals surface area contributed by atoms with Gasteiger partial charge in [-0.2, -0.15) is 13.2 Å². The summed E-state index contributed by atoms with van der Waals surface area (Å²) < 4.78 is 38.0. The Morgan fingerprint density at radius 1 is 0.808 bits per heavy atom. The van der Waals surface area contributed by atoms with Crippen molar-refractivity contribution in [3.8, 4) is 11.5 Å². The molecule has 5 N–H and O–H groups in total. The summed E-state index contributed by atoms with van der Waals surface area (Å²) in [4.78, 5) is 48.8. The number of aliphatic carboxylic acids is 1. The van der Waals surface area contributed by atoms with Gasteiger partial charge in [-0.1, -0.05) is 78.9 Å². The van der Waals surface area contributed by atoms with Crippen molar-refractivity contribution in [1.29, 1.82) is 0 Å². The lowest BCUT2D eigenvalue weighted by atomic mass is 10.0. The van der Waals surface area contributed by atoms with E-state index in [0.717, 1.165) is 27.5 Å². The van der Waals surface area contributed by atoms with Gasteiger partial charge in [-0.25, -0.2) is 4.79 Å². The zero-order valence-corrected chi connectivity index (χ0v) is 28.2. The number of carboxylic acid groups (broad SMARTS) is 1. The molecule has 5 aromatic carbocycles. The summed E-state index contributed by atoms with van der Waals surface area (Å²) in [5.41, 5.74) is 9.84. The number of para-hydroxylation sites is 2. The highest BCUT2D eigenvalue weighted by atomic mass is 19.4. The predicted molar refractivity (Wildman–Crippen MR) is 192 cm³/mol. The fourth-order valence-electron chi connectivity index (χ4n) is 5.10. The van der Waals surface area contributed by atoms with Crippen LogP contribution in [0.3, 0.4) is 0 Å². The Labute approximate surface area is 298 Å². The molecular formula is C39H37F3N4O6. The Morgan fingerprint density at radius 2 is 1.46 bits per heavy atom. The minimum Gasteiger partial charge on any atom is -0.475 e. The number of hydrogen-bond donors (Lipinski definition) is 4. The number of anilines is 2. The highest BCUT2D eigenvalue weighted by Crippen LogP contribution is 2.34. The molecule has 0 saturated heterocycles. The van der Waals surface area contributed by atoms with E-state index >= 15 is 0 Å². The average Bonchev–Trinajstić information content (AvgIpc) is 3.12. The summed E-state index contributed by atoms with van der Waals surface area (Å²) >= 11 is 0. The number of nitrogens with one attached hydrogen (secondary N) is 2. The lowest BCUT2D eigenvalue weighted by Gasteiger charge is -2.25. The van der Waals surface area contributed by atoms with Gasteiger partial charge in [0.1, 0.15) is 5.75 Å². The number of amides is 3. The number of carbonyl (C=O) groups is 4. The standard InChI is InChI=1S/C37H36N4O4.C2HF3O2/c1-26(42)40-31-18-16-27(17-19-31)25-41(34-14-4-5-15-35(34)45-32-12-6-8-28(22-32)23-38)37(44)21-20-36(43)39-24-30-11-7-10-29-9-2-3-13-33(29)30;3-2(4,5)1(6)7/h2-19,22H,20-21,23-25,38H2,1H3,(H,39,43)(H,40,42);(H,6,7). The number of carboxylic acids is 1. The molecule has 3 amide bonds. The minimum absolute atomic E-state index is 0.00232. The number of carbonyl (C=O) groups excluding carboxylic acids is 3. The molecule has 0 atom stereocenters. The fourth-order valence-corrected chi connectivity index (χ4v) is 5.10. The van der Waals surface area contributed by atoms with Crippen molar-refractivity contribution < 1.29 is 42.2 Å². The van der Waals surface area contributed by atoms with Crippen LogP contribution in [-0.2, 0) is 38.8 Å². The maximum atomic E-state index is 13.8. The van der Waals surface area contributed by atoms with Gasteiger partial charge in [0, 0.05) is 38.5 Å². The Balaban J connectivity index is 0.000000785. The van der Waals surface area contributed by atoms with Crippen molar-refractivity contribution in [2.24, 2.45) is 5.73 Å². The monoisotopic (exact) mass is 714 g/mol. The molecule has 0 fully saturated rings. The second-order valence-corrected chi connectivity index (χ2v) is 11.5. The largest absolute Gasteiger partial charge is 0.490 e. The van der Waals surface area contributed by atoms with Gasteiger partial charge in [0.05, 0.1) is 12.2 Å². The third-order valence-electron chi connectivity index (χ3n) is 7.60. The van der Waals surface area contributed by atoms with Crippen LogP contribution in [0, 0.1) is 0 Å². The van der Waals surface area contributed by atoms with E-state index < -0.39 is 12.1 Å². The second-order valence-electron chi connectivity index (χ2n) is 11.5. The lowest BCUT2D eigenvalue weighted by molar-refractivity contribution is -0.192. The highest BCUT2D eigenvalue weighted by molar-refractivity contribution is 5.97. The first kappa shape index (κ1) is 38.6. The van der Waals surface area contributed by atoms with Gasteiger partial charge < -0.3 is 31.1 Å². The zero-order chi connectivity index (χ0) is 37.7. The van der Waals surface area contributed by atoms with Gasteiger partial charge in [-0.05, 0) is 63.9 Å². The number of benzene rings is 5. The number of rotatable bonds is 12. The Morgan fingerprint density at radius 3 is 2.15 bits per heavy atom. The topological polar surface area (TPSA) is 151 Å². The summed E-state index contributed by atoms with van der Waals surface area (Å²) in [6.07, 6.45) is -5.05. The van der Waals surface area contributed by atoms with Crippen LogP contribution in [0.25, 0.3) is 10.8 Å². The maximum absolute atomic E-state index is 13.8. The molecule has 5 aromatic rings. The predicted octanol–water partition coefficient (Wildman–Crippen LogP) is 7.31. The molecule has 5 rings (SSSR count). The Kier molecular flexibility index (Phi) is 13.5. The molecule has 0 bridgehead atoms. The molecule has 0 aliphatic rings. The van der Waals surface area contributed by atoms with Crippen molar-refractivity contribution in [2.75, 3.05) is 10.2 Å². The van der Waals surface area contributed by atoms with Crippen LogP contribution in [0.5, 0.6) is 11.5 Å². The van der Waals surface area contributed by atoms with E-state index in [1.807, 2.05) is 103 Å². The molecule has 270 valence electrons. The second kappa shape index (κ2) is 18.2. The summed E-state index contributed by atoms with van der Waals surface area (Å²) in [6.45, 7) is 2.43.